The molecule has 1 aliphatic heterocycles. The van der Waals surface area contributed by atoms with Gasteiger partial charge in [-0.25, -0.2) is 23.4 Å². The van der Waals surface area contributed by atoms with Gasteiger partial charge in [-0.15, -0.1) is 0 Å². The number of ether oxygens (including phenoxy) is 1. The molecule has 7 nitrogen and oxygen atoms in total. The fraction of sp³-hybridized carbons (Fsp3) is 0.190. The zero-order valence-electron chi connectivity index (χ0n) is 16.0. The first kappa shape index (κ1) is 19.6. The third-order valence-corrected chi connectivity index (χ3v) is 4.98. The molecule has 2 amide bonds. The predicted octanol–water partition coefficient (Wildman–Crippen LogP) is 3.65. The van der Waals surface area contributed by atoms with Gasteiger partial charge in [0.25, 0.3) is 0 Å². The topological polar surface area (TPSA) is 87.3 Å². The van der Waals surface area contributed by atoms with Crippen molar-refractivity contribution in [2.75, 3.05) is 19.0 Å². The van der Waals surface area contributed by atoms with E-state index < -0.39 is 29.7 Å². The van der Waals surface area contributed by atoms with Gasteiger partial charge < -0.3 is 19.9 Å². The number of imidazole rings is 1. The lowest BCUT2D eigenvalue weighted by atomic mass is 9.95. The normalized spacial score (nSPS) is 15.4. The Morgan fingerprint density at radius 1 is 1.23 bits per heavy atom. The van der Waals surface area contributed by atoms with Crippen LogP contribution in [0.2, 0.25) is 0 Å². The van der Waals surface area contributed by atoms with Gasteiger partial charge in [0.2, 0.25) is 0 Å². The first-order valence-corrected chi connectivity index (χ1v) is 9.21. The van der Waals surface area contributed by atoms with Crippen LogP contribution < -0.4 is 5.32 Å². The van der Waals surface area contributed by atoms with Crippen LogP contribution in [-0.2, 0) is 11.2 Å². The number of halogens is 2. The summed E-state index contributed by atoms with van der Waals surface area (Å²) in [5.41, 5.74) is 2.10. The van der Waals surface area contributed by atoms with Crippen molar-refractivity contribution in [3.8, 4) is 0 Å². The summed E-state index contributed by atoms with van der Waals surface area (Å²) in [5, 5.41) is 2.73. The number of fused-ring (bicyclic) bond motifs is 1. The minimum absolute atomic E-state index is 0.142. The number of rotatable bonds is 3. The van der Waals surface area contributed by atoms with Crippen molar-refractivity contribution in [3.05, 3.63) is 82.9 Å². The third-order valence-electron chi connectivity index (χ3n) is 4.98. The molecule has 2 aromatic carbocycles. The van der Waals surface area contributed by atoms with Gasteiger partial charge in [0.1, 0.15) is 17.7 Å². The van der Waals surface area contributed by atoms with Crippen LogP contribution in [-0.4, -0.2) is 40.5 Å². The van der Waals surface area contributed by atoms with Crippen molar-refractivity contribution in [1.29, 1.82) is 0 Å². The van der Waals surface area contributed by atoms with E-state index in [0.29, 0.717) is 24.3 Å². The Labute approximate surface area is 170 Å². The molecule has 0 spiro atoms. The minimum atomic E-state index is -0.829. The predicted molar refractivity (Wildman–Crippen MR) is 104 cm³/mol. The monoisotopic (exact) mass is 412 g/mol. The molecule has 0 saturated heterocycles. The summed E-state index contributed by atoms with van der Waals surface area (Å²) in [6.45, 7) is 0.291. The highest BCUT2D eigenvalue weighted by Gasteiger charge is 2.35. The van der Waals surface area contributed by atoms with Crippen LogP contribution in [0, 0.1) is 11.6 Å². The molecule has 3 aromatic rings. The molecule has 1 aliphatic rings. The van der Waals surface area contributed by atoms with Gasteiger partial charge in [-0.2, -0.15) is 0 Å². The quantitative estimate of drug-likeness (QED) is 0.643. The zero-order valence-corrected chi connectivity index (χ0v) is 16.0. The van der Waals surface area contributed by atoms with E-state index >= 15 is 0 Å². The molecule has 1 atom stereocenters. The molecule has 0 aliphatic carbocycles. The van der Waals surface area contributed by atoms with Crippen LogP contribution in [0.3, 0.4) is 0 Å². The highest BCUT2D eigenvalue weighted by molar-refractivity contribution is 5.94. The number of anilines is 1. The number of urea groups is 1. The lowest BCUT2D eigenvalue weighted by Gasteiger charge is -2.35. The summed E-state index contributed by atoms with van der Waals surface area (Å²) in [6.07, 6.45) is 1.99. The molecule has 30 heavy (non-hydrogen) atoms. The van der Waals surface area contributed by atoms with Crippen molar-refractivity contribution < 1.29 is 23.1 Å². The molecule has 0 bridgehead atoms. The number of nitrogens with zero attached hydrogens (tertiary/aromatic N) is 2. The molecule has 0 saturated carbocycles. The second-order valence-electron chi connectivity index (χ2n) is 6.78. The second-order valence-corrected chi connectivity index (χ2v) is 6.78. The van der Waals surface area contributed by atoms with Crippen LogP contribution in [0.1, 0.15) is 33.4 Å². The van der Waals surface area contributed by atoms with E-state index in [9.17, 15) is 18.4 Å². The summed E-state index contributed by atoms with van der Waals surface area (Å²) < 4.78 is 32.7. The summed E-state index contributed by atoms with van der Waals surface area (Å²) in [5.74, 6) is -2.00. The summed E-state index contributed by atoms with van der Waals surface area (Å²) in [7, 11) is 1.27. The van der Waals surface area contributed by atoms with Crippen LogP contribution in [0.4, 0.5) is 19.3 Å². The highest BCUT2D eigenvalue weighted by Crippen LogP contribution is 2.35. The van der Waals surface area contributed by atoms with Crippen molar-refractivity contribution in [1.82, 2.24) is 14.9 Å². The average Bonchev–Trinajstić information content (AvgIpc) is 3.22. The Kier molecular flexibility index (Phi) is 5.18. The number of carbonyl (C=O) groups is 2. The van der Waals surface area contributed by atoms with Gasteiger partial charge in [0.05, 0.1) is 24.7 Å². The molecule has 0 unspecified atom stereocenters. The lowest BCUT2D eigenvalue weighted by Crippen LogP contribution is -2.43. The number of benzene rings is 2. The first-order chi connectivity index (χ1) is 14.5. The van der Waals surface area contributed by atoms with Gasteiger partial charge in [-0.1, -0.05) is 12.1 Å². The Morgan fingerprint density at radius 2 is 2.07 bits per heavy atom. The maximum Gasteiger partial charge on any atom is 0.337 e. The summed E-state index contributed by atoms with van der Waals surface area (Å²) in [6, 6.07) is 8.21. The van der Waals surface area contributed by atoms with Crippen molar-refractivity contribution in [2.45, 2.75) is 12.5 Å². The van der Waals surface area contributed by atoms with E-state index in [1.165, 1.54) is 30.5 Å². The van der Waals surface area contributed by atoms with E-state index in [1.54, 1.807) is 18.2 Å². The average molecular weight is 412 g/mol. The molecule has 2 heterocycles. The van der Waals surface area contributed by atoms with Gasteiger partial charge in [-0.3, -0.25) is 0 Å². The number of methoxy groups -OCH3 is 1. The van der Waals surface area contributed by atoms with Crippen LogP contribution in [0.15, 0.2) is 48.8 Å². The third kappa shape index (κ3) is 3.61. The maximum absolute atomic E-state index is 14.6. The van der Waals surface area contributed by atoms with Crippen molar-refractivity contribution in [3.63, 3.8) is 0 Å². The second kappa shape index (κ2) is 7.94. The maximum atomic E-state index is 14.6. The number of carbonyl (C=O) groups excluding carboxylic acids is 2. The summed E-state index contributed by atoms with van der Waals surface area (Å²) in [4.78, 5) is 33.5. The zero-order chi connectivity index (χ0) is 21.3. The van der Waals surface area contributed by atoms with E-state index in [1.807, 2.05) is 0 Å². The molecular weight excluding hydrogens is 394 g/mol. The molecule has 4 rings (SSSR count). The Morgan fingerprint density at radius 3 is 2.83 bits per heavy atom. The molecule has 1 aromatic heterocycles. The van der Waals surface area contributed by atoms with Crippen molar-refractivity contribution in [2.24, 2.45) is 0 Å². The molecule has 2 N–H and O–H groups in total. The van der Waals surface area contributed by atoms with Crippen LogP contribution >= 0.6 is 0 Å². The molecule has 154 valence electrons. The van der Waals surface area contributed by atoms with E-state index in [2.05, 4.69) is 15.3 Å². The molecule has 0 fully saturated rings. The number of esters is 1. The highest BCUT2D eigenvalue weighted by atomic mass is 19.1. The molecular formula is C21H18F2N4O3. The van der Waals surface area contributed by atoms with Gasteiger partial charge in [0, 0.05) is 36.0 Å². The van der Waals surface area contributed by atoms with Gasteiger partial charge in [0.15, 0.2) is 0 Å². The number of aromatic nitrogens is 2. The number of aromatic amines is 1. The number of nitrogens with one attached hydrogen (secondary N) is 2. The molecule has 9 heteroatoms. The van der Waals surface area contributed by atoms with Gasteiger partial charge >= 0.3 is 12.0 Å². The van der Waals surface area contributed by atoms with E-state index in [-0.39, 0.29) is 11.1 Å². The Bertz CT molecular complexity index is 1120. The van der Waals surface area contributed by atoms with Crippen LogP contribution in [0.25, 0.3) is 0 Å². The fourth-order valence-corrected chi connectivity index (χ4v) is 3.57. The first-order valence-electron chi connectivity index (χ1n) is 9.21. The number of hydrogen-bond acceptors (Lipinski definition) is 4. The minimum Gasteiger partial charge on any atom is -0.465 e. The smallest absolute Gasteiger partial charge is 0.337 e. The fourth-order valence-electron chi connectivity index (χ4n) is 3.57. The Hall–Kier alpha value is -3.75. The largest absolute Gasteiger partial charge is 0.465 e. The van der Waals surface area contributed by atoms with E-state index in [4.69, 9.17) is 4.74 Å². The van der Waals surface area contributed by atoms with Crippen LogP contribution in [0.5, 0.6) is 0 Å². The SMILES string of the molecule is COC(=O)c1cccc(NC(=O)N2CCc3[nH]cnc3[C@@H]2c2ccc(F)cc2F)c1. The number of H-pyrrole nitrogens is 1. The Balaban J connectivity index is 1.67. The van der Waals surface area contributed by atoms with Crippen molar-refractivity contribution >= 4 is 17.7 Å². The number of amides is 2. The molecule has 0 radical (unpaired) electrons. The van der Waals surface area contributed by atoms with Gasteiger partial charge in [-0.05, 0) is 24.3 Å². The standard InChI is InChI=1S/C21H18F2N4O3/c1-30-20(28)12-3-2-4-14(9-12)26-21(29)27-8-7-17-18(25-11-24-17)19(27)15-6-5-13(22)10-16(15)23/h2-6,9-11,19H,7-8H2,1H3,(H,24,25)(H,26,29)/t19-/m0/s1. The number of hydrogen-bond donors (Lipinski definition) is 2. The van der Waals surface area contributed by atoms with E-state index in [0.717, 1.165) is 17.8 Å². The lowest BCUT2D eigenvalue weighted by molar-refractivity contribution is 0.0600. The summed E-state index contributed by atoms with van der Waals surface area (Å²) >= 11 is 0.